The van der Waals surface area contributed by atoms with Crippen LogP contribution in [0.1, 0.15) is 97.4 Å². The predicted molar refractivity (Wildman–Crippen MR) is 227 cm³/mol. The van der Waals surface area contributed by atoms with Crippen molar-refractivity contribution >= 4 is 45.9 Å². The highest BCUT2D eigenvalue weighted by Gasteiger charge is 2.51. The van der Waals surface area contributed by atoms with E-state index < -0.39 is 41.9 Å². The predicted octanol–water partition coefficient (Wildman–Crippen LogP) is 4.26. The zero-order chi connectivity index (χ0) is 44.9. The Balaban J connectivity index is 0.691. The lowest BCUT2D eigenvalue weighted by molar-refractivity contribution is -0.144. The second-order valence-electron chi connectivity index (χ2n) is 18.8. The Morgan fingerprint density at radius 2 is 1.85 bits per heavy atom. The van der Waals surface area contributed by atoms with Gasteiger partial charge in [0, 0.05) is 64.5 Å². The van der Waals surface area contributed by atoms with Crippen LogP contribution in [0, 0.1) is 5.92 Å². The second-order valence-corrected chi connectivity index (χ2v) is 18.8. The number of rotatable bonds is 10. The van der Waals surface area contributed by atoms with Crippen LogP contribution in [-0.4, -0.2) is 131 Å². The van der Waals surface area contributed by atoms with E-state index in [2.05, 4.69) is 25.7 Å². The third-order valence-electron chi connectivity index (χ3n) is 14.8. The fourth-order valence-corrected chi connectivity index (χ4v) is 11.5. The molecular formula is C44H50F4N12O5. The Morgan fingerprint density at radius 3 is 2.57 bits per heavy atom. The molecule has 2 bridgehead atoms. The van der Waals surface area contributed by atoms with E-state index >= 15 is 8.78 Å². The van der Waals surface area contributed by atoms with Crippen molar-refractivity contribution in [2.24, 2.45) is 13.0 Å². The van der Waals surface area contributed by atoms with Crippen molar-refractivity contribution in [1.82, 2.24) is 48.6 Å². The lowest BCUT2D eigenvalue weighted by atomic mass is 9.84. The van der Waals surface area contributed by atoms with Crippen molar-refractivity contribution in [2.45, 2.75) is 99.9 Å². The minimum absolute atomic E-state index is 0.0704. The number of anilines is 2. The largest absolute Gasteiger partial charge is 0.374 e. The van der Waals surface area contributed by atoms with E-state index in [-0.39, 0.29) is 72.3 Å². The van der Waals surface area contributed by atoms with Gasteiger partial charge in [0.05, 0.1) is 60.3 Å². The first-order valence-corrected chi connectivity index (χ1v) is 22.6. The van der Waals surface area contributed by atoms with Crippen LogP contribution in [0.25, 0.3) is 16.7 Å². The molecule has 21 heteroatoms. The molecule has 65 heavy (non-hydrogen) atoms. The number of para-hydroxylation sites is 1. The normalized spacial score (nSPS) is 27.6. The number of imidazole rings is 1. The number of morpholine rings is 1. The van der Waals surface area contributed by atoms with E-state index in [1.54, 1.807) is 19.3 Å². The maximum atomic E-state index is 16.0. The number of benzene rings is 1. The van der Waals surface area contributed by atoms with E-state index in [9.17, 15) is 28.0 Å². The lowest BCUT2D eigenvalue weighted by Crippen LogP contribution is -2.63. The molecule has 1 saturated carbocycles. The smallest absolute Gasteiger partial charge is 0.329 e. The molecule has 11 rings (SSSR count). The molecule has 5 saturated heterocycles. The molecule has 2 N–H and O–H groups in total. The van der Waals surface area contributed by atoms with Gasteiger partial charge in [-0.05, 0) is 68.6 Å². The number of piperidine rings is 2. The Bertz CT molecular complexity index is 2750. The Morgan fingerprint density at radius 1 is 1.03 bits per heavy atom. The van der Waals surface area contributed by atoms with Crippen LogP contribution in [-0.2, 0) is 21.4 Å². The van der Waals surface area contributed by atoms with Crippen molar-refractivity contribution in [3.05, 3.63) is 70.2 Å². The highest BCUT2D eigenvalue weighted by molar-refractivity contribution is 6.08. The highest BCUT2D eigenvalue weighted by Crippen LogP contribution is 2.42. The van der Waals surface area contributed by atoms with E-state index in [0.29, 0.717) is 81.1 Å². The quantitative estimate of drug-likeness (QED) is 0.152. The second kappa shape index (κ2) is 16.0. The van der Waals surface area contributed by atoms with Crippen molar-refractivity contribution in [1.29, 1.82) is 0 Å². The zero-order valence-electron chi connectivity index (χ0n) is 35.8. The average Bonchev–Trinajstić information content (AvgIpc) is 4.11. The number of imide groups is 1. The van der Waals surface area contributed by atoms with Crippen LogP contribution in [0.15, 0.2) is 47.7 Å². The lowest BCUT2D eigenvalue weighted by Gasteiger charge is -2.50. The van der Waals surface area contributed by atoms with Gasteiger partial charge in [-0.25, -0.2) is 31.9 Å². The molecule has 6 aliphatic rings. The summed E-state index contributed by atoms with van der Waals surface area (Å²) in [5, 5.41) is 13.5. The standard InChI is InChI=1S/C44H50F4N12O5/c1-54-38-29(3-2-4-32(38)60(43(54)64)33-9-10-36(61)52-42(33)63)25-18-56(19-25)34-11-13-55(23-44(34,47)48)17-24-5-7-26(8-6-24)59-21-31(37(53-59)39(45)46)50-41(62)30-16-49-58-14-12-35(51-40(30)58)57-20-28-15-27(57)22-65-28/h2-4,12,14,16,21,24-28,33-34,39H,5-11,13,15,17-20,22-23H2,1H3,(H,50,62)(H,52,61,63)/t24-,26-,27-,28-,33?,34?/m1/s1. The molecule has 6 fully saturated rings. The third-order valence-corrected chi connectivity index (χ3v) is 14.8. The number of alkyl halides is 4. The Hall–Kier alpha value is -5.67. The number of nitrogens with zero attached hydrogens (tertiary/aromatic N) is 10. The van der Waals surface area contributed by atoms with Gasteiger partial charge < -0.3 is 15.0 Å². The molecule has 3 amide bonds. The van der Waals surface area contributed by atoms with Gasteiger partial charge in [-0.15, -0.1) is 0 Å². The first-order valence-electron chi connectivity index (χ1n) is 22.6. The molecule has 344 valence electrons. The number of aryl methyl sites for hydroxylation is 1. The summed E-state index contributed by atoms with van der Waals surface area (Å²) in [7, 11) is 1.65. The fourth-order valence-electron chi connectivity index (χ4n) is 11.5. The van der Waals surface area contributed by atoms with Crippen molar-refractivity contribution in [2.75, 3.05) is 56.1 Å². The number of carbonyl (C=O) groups is 3. The first-order chi connectivity index (χ1) is 31.3. The van der Waals surface area contributed by atoms with Crippen LogP contribution >= 0.6 is 0 Å². The molecule has 17 nitrogen and oxygen atoms in total. The van der Waals surface area contributed by atoms with Gasteiger partial charge >= 0.3 is 5.69 Å². The molecule has 1 aliphatic carbocycles. The zero-order valence-corrected chi connectivity index (χ0v) is 35.8. The van der Waals surface area contributed by atoms with Crippen molar-refractivity contribution in [3.8, 4) is 0 Å². The van der Waals surface area contributed by atoms with E-state index in [1.165, 1.54) is 30.7 Å². The molecule has 1 aromatic carbocycles. The first kappa shape index (κ1) is 42.0. The fraction of sp³-hybridized carbons (Fsp3) is 0.568. The topological polar surface area (TPSA) is 169 Å². The van der Waals surface area contributed by atoms with E-state index in [0.717, 1.165) is 24.8 Å². The number of halogens is 4. The van der Waals surface area contributed by atoms with Gasteiger partial charge in [0.15, 0.2) is 11.3 Å². The van der Waals surface area contributed by atoms with Gasteiger partial charge in [-0.3, -0.25) is 43.3 Å². The van der Waals surface area contributed by atoms with Gasteiger partial charge in [0.1, 0.15) is 17.4 Å². The van der Waals surface area contributed by atoms with Crippen LogP contribution in [0.4, 0.5) is 29.1 Å². The molecule has 0 radical (unpaired) electrons. The molecular weight excluding hydrogens is 853 g/mol. The minimum Gasteiger partial charge on any atom is -0.374 e. The number of aromatic nitrogens is 7. The molecule has 4 aromatic heterocycles. The number of ether oxygens (including phenoxy) is 1. The van der Waals surface area contributed by atoms with E-state index in [1.807, 2.05) is 28.0 Å². The monoisotopic (exact) mass is 902 g/mol. The molecule has 5 aromatic rings. The number of nitrogens with one attached hydrogen (secondary N) is 2. The van der Waals surface area contributed by atoms with Crippen LogP contribution in [0.3, 0.4) is 0 Å². The molecule has 9 heterocycles. The van der Waals surface area contributed by atoms with Crippen LogP contribution in [0.2, 0.25) is 0 Å². The summed E-state index contributed by atoms with van der Waals surface area (Å²) in [5.74, 6) is -3.66. The summed E-state index contributed by atoms with van der Waals surface area (Å²) in [5.41, 5.74) is 1.61. The summed E-state index contributed by atoms with van der Waals surface area (Å²) >= 11 is 0. The summed E-state index contributed by atoms with van der Waals surface area (Å²) in [6.07, 6.45) is 6.06. The van der Waals surface area contributed by atoms with E-state index in [4.69, 9.17) is 9.72 Å². The molecule has 4 atom stereocenters. The number of likely N-dealkylation sites (tertiary alicyclic amines) is 2. The van der Waals surface area contributed by atoms with Crippen LogP contribution in [0.5, 0.6) is 0 Å². The van der Waals surface area contributed by atoms with Gasteiger partial charge in [0.2, 0.25) is 11.8 Å². The van der Waals surface area contributed by atoms with Gasteiger partial charge in [0.25, 0.3) is 18.3 Å². The maximum absolute atomic E-state index is 16.0. The molecule has 5 aliphatic heterocycles. The Kier molecular flexibility index (Phi) is 10.4. The van der Waals surface area contributed by atoms with Crippen molar-refractivity contribution < 1.29 is 36.7 Å². The third kappa shape index (κ3) is 7.38. The number of amides is 3. The summed E-state index contributed by atoms with van der Waals surface area (Å²) in [6, 6.07) is 5.66. The van der Waals surface area contributed by atoms with Crippen molar-refractivity contribution in [3.63, 3.8) is 0 Å². The van der Waals surface area contributed by atoms with Gasteiger partial charge in [-0.1, -0.05) is 12.1 Å². The number of hydrogen-bond donors (Lipinski definition) is 2. The summed E-state index contributed by atoms with van der Waals surface area (Å²) in [4.78, 5) is 62.0. The van der Waals surface area contributed by atoms with Crippen LogP contribution < -0.4 is 21.2 Å². The number of hydrogen-bond acceptors (Lipinski definition) is 11. The minimum atomic E-state index is -2.94. The number of fused-ring (bicyclic) bond motifs is 4. The summed E-state index contributed by atoms with van der Waals surface area (Å²) in [6.45, 7) is 2.85. The highest BCUT2D eigenvalue weighted by atomic mass is 19.3. The Labute approximate surface area is 369 Å². The SMILES string of the molecule is Cn1c(=O)n(C2CCC(=O)NC2=O)c2cccc(C3CN(C4CCN(C[C@H]5CC[C@H](n6cc(NC(=O)c7cnn8ccc(N9C[C@H]%10C[C@@H]9CO%10)nc78)c(C(F)F)n6)CC5)CC4(F)F)C3)c21. The average molecular weight is 903 g/mol. The molecule has 0 spiro atoms. The summed E-state index contributed by atoms with van der Waals surface area (Å²) < 4.78 is 72.2. The molecule has 2 unspecified atom stereocenters. The van der Waals surface area contributed by atoms with Gasteiger partial charge in [-0.2, -0.15) is 10.2 Å². The number of carbonyl (C=O) groups excluding carboxylic acids is 3. The maximum Gasteiger partial charge on any atom is 0.329 e.